The second-order valence-corrected chi connectivity index (χ2v) is 9.72. The SMILES string of the molecule is Clc1ccc(-c2ccn([B-](n3ccc(-c4ccc(Cl)cc4)n3)n3ccc(-c4ccc(Cl)cc4)n3)n2)cc1. The molecular weight excluding hydrogens is 526 g/mol. The highest BCUT2D eigenvalue weighted by Crippen LogP contribution is 2.23. The number of aromatic nitrogens is 6. The molecule has 6 rings (SSSR count). The maximum atomic E-state index is 6.07. The average molecular weight is 544 g/mol. The molecule has 0 spiro atoms. The van der Waals surface area contributed by atoms with Crippen molar-refractivity contribution in [2.24, 2.45) is 0 Å². The summed E-state index contributed by atoms with van der Waals surface area (Å²) in [6.07, 6.45) is 5.76. The molecule has 10 heteroatoms. The summed E-state index contributed by atoms with van der Waals surface area (Å²) in [6, 6.07) is 28.7. The molecule has 6 aromatic rings. The standard InChI is InChI=1S/C27H18BCl3N6/c29-22-7-1-19(2-8-22)25-13-16-35(32-25)28(36-17-14-26(33-36)20-3-9-23(30)10-4-20)37-18-15-27(34-37)21-5-11-24(31)12-6-21/h1-18H/q-1. The van der Waals surface area contributed by atoms with Gasteiger partial charge in [-0.05, 0) is 73.2 Å². The first-order valence-corrected chi connectivity index (χ1v) is 12.6. The predicted octanol–water partition coefficient (Wildman–Crippen LogP) is 7.17. The van der Waals surface area contributed by atoms with Crippen LogP contribution in [0.1, 0.15) is 0 Å². The third-order valence-electron chi connectivity index (χ3n) is 5.95. The van der Waals surface area contributed by atoms with Crippen molar-refractivity contribution < 1.29 is 0 Å². The summed E-state index contributed by atoms with van der Waals surface area (Å²) in [5, 5.41) is 16.6. The smallest absolute Gasteiger partial charge is 0.260 e. The summed E-state index contributed by atoms with van der Waals surface area (Å²) >= 11 is 18.2. The van der Waals surface area contributed by atoms with Gasteiger partial charge in [-0.2, -0.15) is 0 Å². The highest BCUT2D eigenvalue weighted by Gasteiger charge is 2.14. The van der Waals surface area contributed by atoms with Crippen molar-refractivity contribution in [3.8, 4) is 33.8 Å². The minimum Gasteiger partial charge on any atom is -0.424 e. The Morgan fingerprint density at radius 2 is 0.676 bits per heavy atom. The lowest BCUT2D eigenvalue weighted by atomic mass is 9.96. The van der Waals surface area contributed by atoms with Gasteiger partial charge in [-0.3, -0.25) is 0 Å². The van der Waals surface area contributed by atoms with Crippen molar-refractivity contribution in [3.63, 3.8) is 0 Å². The van der Waals surface area contributed by atoms with Crippen LogP contribution in [0.25, 0.3) is 33.8 Å². The lowest BCUT2D eigenvalue weighted by Crippen LogP contribution is -2.42. The van der Waals surface area contributed by atoms with Crippen LogP contribution >= 0.6 is 34.8 Å². The molecule has 6 nitrogen and oxygen atoms in total. The molecular formula is C27H18BCl3N6-. The molecule has 0 bridgehead atoms. The third kappa shape index (κ3) is 4.94. The van der Waals surface area contributed by atoms with Crippen molar-refractivity contribution in [2.45, 2.75) is 0 Å². The Kier molecular flexibility index (Phi) is 6.34. The maximum absolute atomic E-state index is 6.07. The molecule has 0 saturated carbocycles. The molecule has 0 fully saturated rings. The van der Waals surface area contributed by atoms with E-state index in [1.807, 2.05) is 123 Å². The quantitative estimate of drug-likeness (QED) is 0.209. The molecule has 0 aliphatic carbocycles. The van der Waals surface area contributed by atoms with E-state index in [1.54, 1.807) is 0 Å². The Bertz CT molecular complexity index is 1450. The second kappa shape index (κ2) is 9.94. The van der Waals surface area contributed by atoms with Crippen LogP contribution in [0.2, 0.25) is 15.1 Å². The first-order chi connectivity index (χ1) is 18.0. The number of halogens is 3. The number of rotatable bonds is 6. The van der Waals surface area contributed by atoms with Gasteiger partial charge in [0, 0.05) is 31.8 Å². The highest BCUT2D eigenvalue weighted by molar-refractivity contribution is 6.52. The molecule has 0 amide bonds. The zero-order chi connectivity index (χ0) is 25.4. The predicted molar refractivity (Wildman–Crippen MR) is 150 cm³/mol. The van der Waals surface area contributed by atoms with Gasteiger partial charge in [-0.25, -0.2) is 15.3 Å². The van der Waals surface area contributed by atoms with Crippen LogP contribution in [0.4, 0.5) is 0 Å². The highest BCUT2D eigenvalue weighted by atomic mass is 35.5. The van der Waals surface area contributed by atoms with Gasteiger partial charge in [-0.1, -0.05) is 71.2 Å². The summed E-state index contributed by atoms with van der Waals surface area (Å²) < 4.78 is 5.50. The van der Waals surface area contributed by atoms with Crippen molar-refractivity contribution in [1.29, 1.82) is 0 Å². The van der Waals surface area contributed by atoms with Crippen LogP contribution in [-0.4, -0.2) is 36.2 Å². The van der Waals surface area contributed by atoms with E-state index in [-0.39, 0.29) is 0 Å². The summed E-state index contributed by atoms with van der Waals surface area (Å²) in [5.41, 5.74) is 5.34. The minimum atomic E-state index is -0.483. The lowest BCUT2D eigenvalue weighted by molar-refractivity contribution is 0.775. The van der Waals surface area contributed by atoms with Crippen LogP contribution < -0.4 is 0 Å². The molecule has 181 valence electrons. The van der Waals surface area contributed by atoms with Crippen LogP contribution in [0.5, 0.6) is 0 Å². The molecule has 0 saturated heterocycles. The first-order valence-electron chi connectivity index (χ1n) is 11.5. The topological polar surface area (TPSA) is 53.5 Å². The van der Waals surface area contributed by atoms with E-state index in [4.69, 9.17) is 50.1 Å². The van der Waals surface area contributed by atoms with E-state index in [2.05, 4.69) is 0 Å². The van der Waals surface area contributed by atoms with Gasteiger partial charge in [0.1, 0.15) is 0 Å². The van der Waals surface area contributed by atoms with Gasteiger partial charge in [0.25, 0.3) is 7.12 Å². The second-order valence-electron chi connectivity index (χ2n) is 8.41. The van der Waals surface area contributed by atoms with E-state index >= 15 is 0 Å². The summed E-state index contributed by atoms with van der Waals surface area (Å²) in [7, 11) is -0.483. The minimum absolute atomic E-state index is 0.483. The normalized spacial score (nSPS) is 11.4. The molecule has 0 N–H and O–H groups in total. The van der Waals surface area contributed by atoms with Crippen molar-refractivity contribution in [2.75, 3.05) is 0 Å². The molecule has 1 radical (unpaired) electrons. The van der Waals surface area contributed by atoms with Crippen LogP contribution in [0.3, 0.4) is 0 Å². The van der Waals surface area contributed by atoms with Gasteiger partial charge in [-0.15, -0.1) is 0 Å². The Morgan fingerprint density at radius 3 is 0.946 bits per heavy atom. The zero-order valence-corrected chi connectivity index (χ0v) is 21.6. The fourth-order valence-corrected chi connectivity index (χ4v) is 4.47. The average Bonchev–Trinajstić information content (AvgIpc) is 3.68. The van der Waals surface area contributed by atoms with E-state index in [0.29, 0.717) is 15.1 Å². The molecule has 0 atom stereocenters. The van der Waals surface area contributed by atoms with Crippen LogP contribution in [-0.2, 0) is 0 Å². The van der Waals surface area contributed by atoms with E-state index in [1.165, 1.54) is 0 Å². The van der Waals surface area contributed by atoms with Crippen molar-refractivity contribution in [3.05, 3.63) is 125 Å². The fourth-order valence-electron chi connectivity index (χ4n) is 4.09. The maximum Gasteiger partial charge on any atom is 0.260 e. The molecule has 0 unspecified atom stereocenters. The van der Waals surface area contributed by atoms with Gasteiger partial charge in [0.05, 0.1) is 17.1 Å². The third-order valence-corrected chi connectivity index (χ3v) is 6.71. The van der Waals surface area contributed by atoms with Crippen LogP contribution in [0, 0.1) is 0 Å². The number of benzene rings is 3. The Balaban J connectivity index is 1.41. The number of nitrogens with zero attached hydrogens (tertiary/aromatic N) is 6. The molecule has 0 aliphatic rings. The zero-order valence-electron chi connectivity index (χ0n) is 19.3. The molecule has 0 aliphatic heterocycles. The molecule has 3 aromatic carbocycles. The van der Waals surface area contributed by atoms with Crippen LogP contribution in [0.15, 0.2) is 110 Å². The Hall–Kier alpha value is -3.78. The first kappa shape index (κ1) is 23.6. The Morgan fingerprint density at radius 1 is 0.405 bits per heavy atom. The number of hydrogen-bond acceptors (Lipinski definition) is 3. The molecule has 3 heterocycles. The molecule has 37 heavy (non-hydrogen) atoms. The summed E-state index contributed by atoms with van der Waals surface area (Å²) in [5.74, 6) is 0. The van der Waals surface area contributed by atoms with Gasteiger partial charge < -0.3 is 13.8 Å². The van der Waals surface area contributed by atoms with Crippen molar-refractivity contribution >= 4 is 41.9 Å². The van der Waals surface area contributed by atoms with E-state index < -0.39 is 7.12 Å². The Labute approximate surface area is 228 Å². The molecule has 3 aromatic heterocycles. The summed E-state index contributed by atoms with van der Waals surface area (Å²) in [4.78, 5) is 0. The monoisotopic (exact) mass is 542 g/mol. The van der Waals surface area contributed by atoms with Gasteiger partial charge in [0.15, 0.2) is 0 Å². The van der Waals surface area contributed by atoms with Gasteiger partial charge >= 0.3 is 0 Å². The largest absolute Gasteiger partial charge is 0.424 e. The van der Waals surface area contributed by atoms with Gasteiger partial charge in [0.2, 0.25) is 0 Å². The van der Waals surface area contributed by atoms with E-state index in [9.17, 15) is 0 Å². The number of hydrogen-bond donors (Lipinski definition) is 0. The van der Waals surface area contributed by atoms with E-state index in [0.717, 1.165) is 33.8 Å². The fraction of sp³-hybridized carbons (Fsp3) is 0. The lowest BCUT2D eigenvalue weighted by Gasteiger charge is -2.29. The summed E-state index contributed by atoms with van der Waals surface area (Å²) in [6.45, 7) is 0. The van der Waals surface area contributed by atoms with Crippen molar-refractivity contribution in [1.82, 2.24) is 29.1 Å².